The van der Waals surface area contributed by atoms with Gasteiger partial charge in [0.15, 0.2) is 5.82 Å². The van der Waals surface area contributed by atoms with Crippen molar-refractivity contribution in [3.8, 4) is 0 Å². The van der Waals surface area contributed by atoms with Crippen molar-refractivity contribution in [2.45, 2.75) is 32.4 Å². The molecule has 0 spiro atoms. The predicted octanol–water partition coefficient (Wildman–Crippen LogP) is -1.06. The van der Waals surface area contributed by atoms with Gasteiger partial charge in [-0.1, -0.05) is 12.1 Å². The first kappa shape index (κ1) is 10.6. The first-order valence-electron chi connectivity index (χ1n) is 4.35. The summed E-state index contributed by atoms with van der Waals surface area (Å²) in [5.74, 6) is 0.218. The highest BCUT2D eigenvalue weighted by molar-refractivity contribution is 5.85. The lowest BCUT2D eigenvalue weighted by Gasteiger charge is -2.20. The molecule has 78 valence electrons. The molecule has 7 nitrogen and oxygen atoms in total. The summed E-state index contributed by atoms with van der Waals surface area (Å²) in [5.41, 5.74) is 4.88. The number of hydrogen-bond acceptors (Lipinski definition) is 5. The number of nitrogens with one attached hydrogen (secondary N) is 2. The van der Waals surface area contributed by atoms with Gasteiger partial charge >= 0.3 is 0 Å². The number of aromatic nitrogens is 4. The van der Waals surface area contributed by atoms with Gasteiger partial charge in [0.1, 0.15) is 0 Å². The van der Waals surface area contributed by atoms with E-state index in [1.54, 1.807) is 6.92 Å². The molecule has 1 amide bonds. The fourth-order valence-electron chi connectivity index (χ4n) is 0.779. The number of nitrogens with two attached hydrogens (primary N) is 1. The molecule has 1 unspecified atom stereocenters. The van der Waals surface area contributed by atoms with Crippen LogP contribution in [0.1, 0.15) is 26.1 Å². The zero-order valence-corrected chi connectivity index (χ0v) is 8.24. The van der Waals surface area contributed by atoms with Crippen LogP contribution < -0.4 is 11.1 Å². The van der Waals surface area contributed by atoms with E-state index < -0.39 is 5.54 Å². The van der Waals surface area contributed by atoms with E-state index in [0.717, 1.165) is 0 Å². The largest absolute Gasteiger partial charge is 0.347 e. The standard InChI is InChI=1S/C7H14N6O/c1-3-7(2,8)6(14)9-4-5-10-12-13-11-5/h3-4,8H2,1-2H3,(H,9,14)(H,10,11,12,13). The van der Waals surface area contributed by atoms with Gasteiger partial charge in [-0.25, -0.2) is 0 Å². The second-order valence-electron chi connectivity index (χ2n) is 3.28. The molecule has 0 bridgehead atoms. The zero-order chi connectivity index (χ0) is 10.6. The second-order valence-corrected chi connectivity index (χ2v) is 3.28. The van der Waals surface area contributed by atoms with Crippen molar-refractivity contribution in [3.05, 3.63) is 5.82 Å². The third-order valence-corrected chi connectivity index (χ3v) is 2.05. The van der Waals surface area contributed by atoms with E-state index in [2.05, 4.69) is 25.9 Å². The highest BCUT2D eigenvalue weighted by Crippen LogP contribution is 2.04. The lowest BCUT2D eigenvalue weighted by atomic mass is 10.00. The number of carbonyl (C=O) groups excluding carboxylic acids is 1. The van der Waals surface area contributed by atoms with Crippen molar-refractivity contribution in [2.24, 2.45) is 5.73 Å². The van der Waals surface area contributed by atoms with Crippen LogP contribution in [0.5, 0.6) is 0 Å². The van der Waals surface area contributed by atoms with Crippen molar-refractivity contribution in [1.29, 1.82) is 0 Å². The van der Waals surface area contributed by atoms with Crippen molar-refractivity contribution >= 4 is 5.91 Å². The zero-order valence-electron chi connectivity index (χ0n) is 8.24. The Bertz CT molecular complexity index is 293. The number of hydrogen-bond donors (Lipinski definition) is 3. The molecule has 0 fully saturated rings. The molecule has 0 radical (unpaired) electrons. The summed E-state index contributed by atoms with van der Waals surface area (Å²) in [6.07, 6.45) is 0.574. The lowest BCUT2D eigenvalue weighted by Crippen LogP contribution is -2.50. The van der Waals surface area contributed by atoms with Gasteiger partial charge in [0.25, 0.3) is 0 Å². The molecule has 0 aromatic carbocycles. The first-order valence-corrected chi connectivity index (χ1v) is 4.35. The smallest absolute Gasteiger partial charge is 0.240 e. The van der Waals surface area contributed by atoms with E-state index in [0.29, 0.717) is 12.2 Å². The molecule has 0 saturated heterocycles. The summed E-state index contributed by atoms with van der Waals surface area (Å²) < 4.78 is 0. The predicted molar refractivity (Wildman–Crippen MR) is 48.9 cm³/mol. The van der Waals surface area contributed by atoms with E-state index in [1.165, 1.54) is 0 Å². The summed E-state index contributed by atoms with van der Waals surface area (Å²) in [5, 5.41) is 15.7. The number of tetrazole rings is 1. The molecular weight excluding hydrogens is 184 g/mol. The molecular formula is C7H14N6O. The molecule has 0 saturated carbocycles. The highest BCUT2D eigenvalue weighted by atomic mass is 16.2. The normalized spacial score (nSPS) is 14.8. The molecule has 1 aromatic heterocycles. The van der Waals surface area contributed by atoms with Crippen molar-refractivity contribution in [3.63, 3.8) is 0 Å². The van der Waals surface area contributed by atoms with E-state index >= 15 is 0 Å². The minimum atomic E-state index is -0.844. The van der Waals surface area contributed by atoms with Crippen LogP contribution in [0.3, 0.4) is 0 Å². The Hall–Kier alpha value is -1.50. The van der Waals surface area contributed by atoms with Gasteiger partial charge in [0.05, 0.1) is 12.1 Å². The summed E-state index contributed by atoms with van der Waals surface area (Å²) >= 11 is 0. The van der Waals surface area contributed by atoms with E-state index in [4.69, 9.17) is 5.73 Å². The van der Waals surface area contributed by atoms with Crippen LogP contribution in [0, 0.1) is 0 Å². The number of nitrogens with zero attached hydrogens (tertiary/aromatic N) is 3. The monoisotopic (exact) mass is 198 g/mol. The highest BCUT2D eigenvalue weighted by Gasteiger charge is 2.25. The first-order chi connectivity index (χ1) is 6.56. The molecule has 7 heteroatoms. The quantitative estimate of drug-likeness (QED) is 0.571. The maximum Gasteiger partial charge on any atom is 0.240 e. The fourth-order valence-corrected chi connectivity index (χ4v) is 0.779. The topological polar surface area (TPSA) is 110 Å². The van der Waals surface area contributed by atoms with Gasteiger partial charge in [-0.15, -0.1) is 10.2 Å². The third-order valence-electron chi connectivity index (χ3n) is 2.05. The number of rotatable bonds is 4. The summed E-state index contributed by atoms with van der Waals surface area (Å²) in [6, 6.07) is 0. The molecule has 1 rings (SSSR count). The Kier molecular flexibility index (Phi) is 3.13. The van der Waals surface area contributed by atoms with Crippen molar-refractivity contribution in [1.82, 2.24) is 25.9 Å². The van der Waals surface area contributed by atoms with Gasteiger partial charge in [-0.3, -0.25) is 4.79 Å². The molecule has 0 aliphatic heterocycles. The molecule has 0 aliphatic rings. The average molecular weight is 198 g/mol. The molecule has 1 heterocycles. The van der Waals surface area contributed by atoms with Crippen LogP contribution in [0.4, 0.5) is 0 Å². The SMILES string of the molecule is CCC(C)(N)C(=O)NCc1nn[nH]n1. The average Bonchev–Trinajstić information content (AvgIpc) is 2.66. The number of aromatic amines is 1. The van der Waals surface area contributed by atoms with Crippen LogP contribution in [0.15, 0.2) is 0 Å². The maximum atomic E-state index is 11.5. The second kappa shape index (κ2) is 4.14. The Balaban J connectivity index is 2.43. The Morgan fingerprint density at radius 3 is 2.93 bits per heavy atom. The minimum Gasteiger partial charge on any atom is -0.347 e. The van der Waals surface area contributed by atoms with Crippen molar-refractivity contribution < 1.29 is 4.79 Å². The Morgan fingerprint density at radius 2 is 2.43 bits per heavy atom. The fraction of sp³-hybridized carbons (Fsp3) is 0.714. The Morgan fingerprint density at radius 1 is 1.71 bits per heavy atom. The van der Waals surface area contributed by atoms with Gasteiger partial charge < -0.3 is 11.1 Å². The van der Waals surface area contributed by atoms with Crippen LogP contribution in [0.2, 0.25) is 0 Å². The molecule has 0 aliphatic carbocycles. The Labute approximate surface area is 81.4 Å². The molecule has 4 N–H and O–H groups in total. The van der Waals surface area contributed by atoms with E-state index in [-0.39, 0.29) is 12.5 Å². The summed E-state index contributed by atoms with van der Waals surface area (Å²) in [7, 11) is 0. The van der Waals surface area contributed by atoms with Gasteiger partial charge in [-0.2, -0.15) is 5.21 Å². The van der Waals surface area contributed by atoms with Gasteiger partial charge in [0.2, 0.25) is 5.91 Å². The number of amides is 1. The maximum absolute atomic E-state index is 11.5. The molecule has 1 atom stereocenters. The van der Waals surface area contributed by atoms with Gasteiger partial charge in [0, 0.05) is 0 Å². The van der Waals surface area contributed by atoms with Crippen LogP contribution in [0.25, 0.3) is 0 Å². The summed E-state index contributed by atoms with van der Waals surface area (Å²) in [6.45, 7) is 3.77. The van der Waals surface area contributed by atoms with E-state index in [1.807, 2.05) is 6.92 Å². The van der Waals surface area contributed by atoms with Crippen molar-refractivity contribution in [2.75, 3.05) is 0 Å². The van der Waals surface area contributed by atoms with Crippen LogP contribution in [-0.4, -0.2) is 32.1 Å². The molecule has 1 aromatic rings. The van der Waals surface area contributed by atoms with E-state index in [9.17, 15) is 4.79 Å². The summed E-state index contributed by atoms with van der Waals surface area (Å²) in [4.78, 5) is 11.5. The third kappa shape index (κ3) is 2.49. The number of carbonyl (C=O) groups is 1. The lowest BCUT2D eigenvalue weighted by molar-refractivity contribution is -0.126. The van der Waals surface area contributed by atoms with Crippen LogP contribution >= 0.6 is 0 Å². The van der Waals surface area contributed by atoms with Crippen LogP contribution in [-0.2, 0) is 11.3 Å². The van der Waals surface area contributed by atoms with Gasteiger partial charge in [-0.05, 0) is 13.3 Å². The minimum absolute atomic E-state index is 0.218. The number of H-pyrrole nitrogens is 1. The molecule has 14 heavy (non-hydrogen) atoms.